The minimum atomic E-state index is -3.36. The van der Waals surface area contributed by atoms with Crippen molar-refractivity contribution in [1.29, 1.82) is 0 Å². The molecule has 0 unspecified atom stereocenters. The molecule has 0 aliphatic rings. The number of sulfone groups is 1. The summed E-state index contributed by atoms with van der Waals surface area (Å²) in [5.41, 5.74) is 1.95. The second-order valence-corrected chi connectivity index (χ2v) is 6.94. The summed E-state index contributed by atoms with van der Waals surface area (Å²) in [7, 11) is -1.91. The van der Waals surface area contributed by atoms with E-state index in [0.29, 0.717) is 11.4 Å². The second-order valence-electron chi connectivity index (χ2n) is 4.72. The molecular weight excluding hydrogens is 318 g/mol. The maximum Gasteiger partial charge on any atom is 0.250 e. The molecule has 122 valence electrons. The summed E-state index contributed by atoms with van der Waals surface area (Å²) in [4.78, 5) is 11.4. The van der Waals surface area contributed by atoms with Crippen LogP contribution < -0.4 is 5.32 Å². The molecule has 0 saturated heterocycles. The van der Waals surface area contributed by atoms with Gasteiger partial charge >= 0.3 is 0 Å². The van der Waals surface area contributed by atoms with E-state index in [-0.39, 0.29) is 23.3 Å². The Balaban J connectivity index is 2.15. The van der Waals surface area contributed by atoms with Crippen LogP contribution in [0.3, 0.4) is 0 Å². The number of carbonyl (C=O) groups is 1. The highest BCUT2D eigenvalue weighted by Gasteiger charge is 2.14. The van der Waals surface area contributed by atoms with Crippen LogP contribution in [0.4, 0.5) is 5.69 Å². The maximum absolute atomic E-state index is 11.7. The zero-order valence-corrected chi connectivity index (χ0v) is 13.6. The van der Waals surface area contributed by atoms with Gasteiger partial charge in [0.05, 0.1) is 11.4 Å². The lowest BCUT2D eigenvalue weighted by Crippen LogP contribution is -2.16. The second kappa shape index (κ2) is 7.30. The Hall–Kier alpha value is -2.32. The van der Waals surface area contributed by atoms with Crippen LogP contribution in [-0.2, 0) is 19.4 Å². The van der Waals surface area contributed by atoms with E-state index in [4.69, 9.17) is 4.74 Å². The van der Waals surface area contributed by atoms with Crippen molar-refractivity contribution in [2.45, 2.75) is 11.9 Å². The number of hydrogen-bond donors (Lipinski definition) is 1. The number of hydrogen-bond acceptors (Lipinski definition) is 6. The monoisotopic (exact) mass is 335 g/mol. The SMILES string of the molecule is CCS(=O)(=O)c1ccc(-c2ccc(NC(=O)COC)cc2)nn1. The lowest BCUT2D eigenvalue weighted by Gasteiger charge is -2.06. The van der Waals surface area contributed by atoms with E-state index in [1.54, 1.807) is 37.3 Å². The number of ether oxygens (including phenoxy) is 1. The fraction of sp³-hybridized carbons (Fsp3) is 0.267. The molecule has 23 heavy (non-hydrogen) atoms. The smallest absolute Gasteiger partial charge is 0.250 e. The van der Waals surface area contributed by atoms with E-state index in [2.05, 4.69) is 15.5 Å². The van der Waals surface area contributed by atoms with Gasteiger partial charge in [-0.1, -0.05) is 19.1 Å². The summed E-state index contributed by atoms with van der Waals surface area (Å²) in [5, 5.41) is 10.4. The molecule has 0 aliphatic carbocycles. The van der Waals surface area contributed by atoms with Gasteiger partial charge < -0.3 is 10.1 Å². The van der Waals surface area contributed by atoms with Gasteiger partial charge in [-0.3, -0.25) is 4.79 Å². The Labute approximate surface area is 134 Å². The Bertz CT molecular complexity index is 771. The third-order valence-corrected chi connectivity index (χ3v) is 4.69. The molecule has 1 N–H and O–H groups in total. The van der Waals surface area contributed by atoms with Crippen molar-refractivity contribution in [3.05, 3.63) is 36.4 Å². The van der Waals surface area contributed by atoms with E-state index in [9.17, 15) is 13.2 Å². The molecule has 1 amide bonds. The van der Waals surface area contributed by atoms with Gasteiger partial charge in [-0.2, -0.15) is 0 Å². The fourth-order valence-corrected chi connectivity index (χ4v) is 2.58. The molecule has 0 spiro atoms. The zero-order valence-electron chi connectivity index (χ0n) is 12.8. The topological polar surface area (TPSA) is 98.2 Å². The lowest BCUT2D eigenvalue weighted by atomic mass is 10.1. The zero-order chi connectivity index (χ0) is 16.9. The van der Waals surface area contributed by atoms with Crippen molar-refractivity contribution in [3.8, 4) is 11.3 Å². The molecule has 1 aromatic heterocycles. The van der Waals surface area contributed by atoms with Gasteiger partial charge in [-0.05, 0) is 24.3 Å². The van der Waals surface area contributed by atoms with Gasteiger partial charge in [0.15, 0.2) is 14.9 Å². The Morgan fingerprint density at radius 1 is 1.13 bits per heavy atom. The molecule has 0 aliphatic heterocycles. The van der Waals surface area contributed by atoms with Crippen LogP contribution in [0.15, 0.2) is 41.4 Å². The largest absolute Gasteiger partial charge is 0.375 e. The molecule has 2 rings (SSSR count). The normalized spacial score (nSPS) is 11.2. The molecule has 0 bridgehead atoms. The molecule has 8 heteroatoms. The van der Waals surface area contributed by atoms with Crippen LogP contribution in [-0.4, -0.2) is 44.0 Å². The average molecular weight is 335 g/mol. The van der Waals surface area contributed by atoms with Crippen molar-refractivity contribution in [3.63, 3.8) is 0 Å². The van der Waals surface area contributed by atoms with E-state index < -0.39 is 9.84 Å². The molecule has 7 nitrogen and oxygen atoms in total. The third-order valence-electron chi connectivity index (χ3n) is 3.08. The first kappa shape index (κ1) is 17.0. The molecule has 0 radical (unpaired) electrons. The van der Waals surface area contributed by atoms with Crippen LogP contribution in [0.1, 0.15) is 6.92 Å². The maximum atomic E-state index is 11.7. The fourth-order valence-electron chi connectivity index (χ4n) is 1.84. The van der Waals surface area contributed by atoms with Gasteiger partial charge in [0, 0.05) is 18.4 Å². The summed E-state index contributed by atoms with van der Waals surface area (Å²) < 4.78 is 28.1. The van der Waals surface area contributed by atoms with Crippen LogP contribution in [0.25, 0.3) is 11.3 Å². The van der Waals surface area contributed by atoms with Gasteiger partial charge in [-0.15, -0.1) is 10.2 Å². The Kier molecular flexibility index (Phi) is 5.41. The van der Waals surface area contributed by atoms with Gasteiger partial charge in [0.2, 0.25) is 5.91 Å². The van der Waals surface area contributed by atoms with Crippen molar-refractivity contribution in [1.82, 2.24) is 10.2 Å². The molecule has 2 aromatic rings. The van der Waals surface area contributed by atoms with Crippen LogP contribution in [0, 0.1) is 0 Å². The lowest BCUT2D eigenvalue weighted by molar-refractivity contribution is -0.119. The first-order chi connectivity index (χ1) is 11.0. The summed E-state index contributed by atoms with van der Waals surface area (Å²) in [6.45, 7) is 1.54. The first-order valence-electron chi connectivity index (χ1n) is 6.92. The number of aromatic nitrogens is 2. The molecule has 1 aromatic carbocycles. The van der Waals surface area contributed by atoms with E-state index in [1.807, 2.05) is 0 Å². The molecule has 0 saturated carbocycles. The average Bonchev–Trinajstić information content (AvgIpc) is 2.56. The van der Waals surface area contributed by atoms with Crippen LogP contribution in [0.2, 0.25) is 0 Å². The molecule has 0 fully saturated rings. The van der Waals surface area contributed by atoms with Crippen LogP contribution >= 0.6 is 0 Å². The number of benzene rings is 1. The Morgan fingerprint density at radius 3 is 2.35 bits per heavy atom. The highest BCUT2D eigenvalue weighted by Crippen LogP contribution is 2.20. The molecular formula is C15H17N3O4S. The van der Waals surface area contributed by atoms with Crippen molar-refractivity contribution >= 4 is 21.4 Å². The van der Waals surface area contributed by atoms with Crippen LogP contribution in [0.5, 0.6) is 0 Å². The summed E-state index contributed by atoms with van der Waals surface area (Å²) in [5.74, 6) is -0.258. The number of methoxy groups -OCH3 is 1. The number of amides is 1. The molecule has 0 atom stereocenters. The highest BCUT2D eigenvalue weighted by molar-refractivity contribution is 7.91. The minimum absolute atomic E-state index is 0.0133. The highest BCUT2D eigenvalue weighted by atomic mass is 32.2. The van der Waals surface area contributed by atoms with Crippen molar-refractivity contribution < 1.29 is 17.9 Å². The third kappa shape index (κ3) is 4.33. The van der Waals surface area contributed by atoms with Crippen molar-refractivity contribution in [2.24, 2.45) is 0 Å². The standard InChI is InChI=1S/C15H17N3O4S/c1-3-23(20,21)15-9-8-13(17-18-15)11-4-6-12(7-5-11)16-14(19)10-22-2/h4-9H,3,10H2,1-2H3,(H,16,19). The summed E-state index contributed by atoms with van der Waals surface area (Å²) in [6.07, 6.45) is 0. The Morgan fingerprint density at radius 2 is 1.83 bits per heavy atom. The summed E-state index contributed by atoms with van der Waals surface area (Å²) >= 11 is 0. The number of carbonyl (C=O) groups excluding carboxylic acids is 1. The van der Waals surface area contributed by atoms with Crippen molar-refractivity contribution in [2.75, 3.05) is 24.8 Å². The van der Waals surface area contributed by atoms with E-state index in [1.165, 1.54) is 13.2 Å². The predicted octanol–water partition coefficient (Wildman–Crippen LogP) is 1.52. The van der Waals surface area contributed by atoms with Gasteiger partial charge in [0.1, 0.15) is 6.61 Å². The predicted molar refractivity (Wildman–Crippen MR) is 85.7 cm³/mol. The quantitative estimate of drug-likeness (QED) is 0.859. The number of nitrogens with zero attached hydrogens (tertiary/aromatic N) is 2. The van der Waals surface area contributed by atoms with E-state index in [0.717, 1.165) is 5.56 Å². The number of rotatable bonds is 6. The summed E-state index contributed by atoms with van der Waals surface area (Å²) in [6, 6.07) is 10.0. The van der Waals surface area contributed by atoms with E-state index >= 15 is 0 Å². The minimum Gasteiger partial charge on any atom is -0.375 e. The number of anilines is 1. The number of nitrogens with one attached hydrogen (secondary N) is 1. The molecule has 1 heterocycles. The van der Waals surface area contributed by atoms with Gasteiger partial charge in [-0.25, -0.2) is 8.42 Å². The van der Waals surface area contributed by atoms with Gasteiger partial charge in [0.25, 0.3) is 0 Å². The first-order valence-corrected chi connectivity index (χ1v) is 8.57.